The van der Waals surface area contributed by atoms with Gasteiger partial charge in [0.05, 0.1) is 0 Å². The molecular formula is C9H24O2Si3. The molecule has 0 aromatic carbocycles. The lowest BCUT2D eigenvalue weighted by molar-refractivity contribution is 0.0619. The molecular weight excluding hydrogens is 224 g/mol. The second kappa shape index (κ2) is 5.41. The molecule has 0 bridgehead atoms. The summed E-state index contributed by atoms with van der Waals surface area (Å²) in [5.41, 5.74) is 2.00. The molecule has 0 rings (SSSR count). The summed E-state index contributed by atoms with van der Waals surface area (Å²) in [5, 5.41) is 0. The molecule has 0 aliphatic rings. The van der Waals surface area contributed by atoms with E-state index in [1.54, 1.807) is 0 Å². The van der Waals surface area contributed by atoms with E-state index in [4.69, 9.17) is 8.85 Å². The van der Waals surface area contributed by atoms with Gasteiger partial charge in [-0.3, -0.25) is 0 Å². The van der Waals surface area contributed by atoms with Crippen molar-refractivity contribution in [3.63, 3.8) is 0 Å². The van der Waals surface area contributed by atoms with Crippen molar-refractivity contribution in [2.75, 3.05) is 0 Å². The molecule has 0 spiro atoms. The average Bonchev–Trinajstić information content (AvgIpc) is 1.78. The quantitative estimate of drug-likeness (QED) is 0.530. The standard InChI is InChI=1S/C9H24O2Si3/c1-8-12-9(10-13(2,3)4)11-14(5,6)7/h8-9H,1,12H2,2-7H3. The van der Waals surface area contributed by atoms with Crippen molar-refractivity contribution >= 4 is 26.2 Å². The van der Waals surface area contributed by atoms with Gasteiger partial charge in [-0.15, -0.1) is 12.3 Å². The predicted molar refractivity (Wildman–Crippen MR) is 71.4 cm³/mol. The van der Waals surface area contributed by atoms with Crippen LogP contribution in [-0.4, -0.2) is 32.1 Å². The second-order valence-corrected chi connectivity index (χ2v) is 16.1. The van der Waals surface area contributed by atoms with Gasteiger partial charge in [-0.2, -0.15) is 0 Å². The fraction of sp³-hybridized carbons (Fsp3) is 0.778. The lowest BCUT2D eigenvalue weighted by atomic mass is 11.3. The van der Waals surface area contributed by atoms with Crippen LogP contribution >= 0.6 is 0 Å². The molecule has 0 fully saturated rings. The van der Waals surface area contributed by atoms with E-state index in [2.05, 4.69) is 45.9 Å². The van der Waals surface area contributed by atoms with Crippen LogP contribution < -0.4 is 0 Å². The summed E-state index contributed by atoms with van der Waals surface area (Å²) >= 11 is 0. The van der Waals surface area contributed by atoms with E-state index >= 15 is 0 Å². The molecule has 0 radical (unpaired) electrons. The van der Waals surface area contributed by atoms with Crippen LogP contribution in [0, 0.1) is 0 Å². The fourth-order valence-corrected chi connectivity index (χ4v) is 6.86. The van der Waals surface area contributed by atoms with Gasteiger partial charge >= 0.3 is 0 Å². The molecule has 0 saturated carbocycles. The van der Waals surface area contributed by atoms with Gasteiger partial charge in [0.1, 0.15) is 15.4 Å². The maximum absolute atomic E-state index is 6.00. The van der Waals surface area contributed by atoms with Gasteiger partial charge in [0.15, 0.2) is 16.6 Å². The van der Waals surface area contributed by atoms with Crippen molar-refractivity contribution in [3.8, 4) is 0 Å². The number of hydrogen-bond donors (Lipinski definition) is 0. The highest BCUT2D eigenvalue weighted by molar-refractivity contribution is 6.72. The molecule has 0 aromatic heterocycles. The Balaban J connectivity index is 4.23. The summed E-state index contributed by atoms with van der Waals surface area (Å²) in [4.78, 5) is 0. The highest BCUT2D eigenvalue weighted by Crippen LogP contribution is 2.13. The summed E-state index contributed by atoms with van der Waals surface area (Å²) in [6, 6.07) is 0. The predicted octanol–water partition coefficient (Wildman–Crippen LogP) is 2.29. The topological polar surface area (TPSA) is 18.5 Å². The van der Waals surface area contributed by atoms with E-state index in [0.717, 1.165) is 0 Å². The molecule has 0 unspecified atom stereocenters. The molecule has 0 amide bonds. The van der Waals surface area contributed by atoms with Crippen molar-refractivity contribution in [1.29, 1.82) is 0 Å². The first-order chi connectivity index (χ1) is 6.14. The van der Waals surface area contributed by atoms with Gasteiger partial charge in [-0.1, -0.05) is 0 Å². The Kier molecular flexibility index (Phi) is 5.53. The normalized spacial score (nSPS) is 14.2. The molecule has 0 aromatic rings. The molecule has 0 heterocycles. The Morgan fingerprint density at radius 3 is 1.57 bits per heavy atom. The summed E-state index contributed by atoms with van der Waals surface area (Å²) in [5.74, 6) is 0.0610. The fourth-order valence-electron chi connectivity index (χ4n) is 1.05. The van der Waals surface area contributed by atoms with E-state index in [1.807, 2.05) is 5.70 Å². The maximum Gasteiger partial charge on any atom is 0.186 e. The minimum Gasteiger partial charge on any atom is -0.397 e. The van der Waals surface area contributed by atoms with Gasteiger partial charge in [0.2, 0.25) is 0 Å². The Labute approximate surface area is 92.8 Å². The zero-order valence-corrected chi connectivity index (χ0v) is 13.8. The summed E-state index contributed by atoms with van der Waals surface area (Å²) in [6.07, 6.45) is 0. The molecule has 0 atom stereocenters. The Morgan fingerprint density at radius 1 is 1.00 bits per heavy atom. The first-order valence-electron chi connectivity index (χ1n) is 5.10. The van der Waals surface area contributed by atoms with Crippen LogP contribution in [0.15, 0.2) is 12.3 Å². The van der Waals surface area contributed by atoms with Crippen molar-refractivity contribution in [1.82, 2.24) is 0 Å². The third-order valence-corrected chi connectivity index (χ3v) is 4.99. The Bertz CT molecular complexity index is 165. The monoisotopic (exact) mass is 248 g/mol. The highest BCUT2D eigenvalue weighted by atomic mass is 28.4. The highest BCUT2D eigenvalue weighted by Gasteiger charge is 2.25. The van der Waals surface area contributed by atoms with Gasteiger partial charge < -0.3 is 8.85 Å². The Hall–Kier alpha value is 0.311. The minimum atomic E-state index is -1.47. The zero-order chi connectivity index (χ0) is 11.4. The first-order valence-corrected chi connectivity index (χ1v) is 13.6. The Morgan fingerprint density at radius 2 is 1.36 bits per heavy atom. The van der Waals surface area contributed by atoms with Crippen LogP contribution in [0.4, 0.5) is 0 Å². The lowest BCUT2D eigenvalue weighted by Crippen LogP contribution is -2.42. The van der Waals surface area contributed by atoms with Crippen molar-refractivity contribution < 1.29 is 8.85 Å². The SMILES string of the molecule is C=C[SiH2]C(O[Si](C)(C)C)O[Si](C)(C)C. The van der Waals surface area contributed by atoms with Crippen LogP contribution in [0.25, 0.3) is 0 Å². The van der Waals surface area contributed by atoms with Crippen molar-refractivity contribution in [2.45, 2.75) is 45.2 Å². The van der Waals surface area contributed by atoms with E-state index in [1.165, 1.54) is 0 Å². The zero-order valence-electron chi connectivity index (χ0n) is 10.4. The van der Waals surface area contributed by atoms with E-state index in [9.17, 15) is 0 Å². The molecule has 2 nitrogen and oxygen atoms in total. The van der Waals surface area contributed by atoms with Gasteiger partial charge in [-0.25, -0.2) is 0 Å². The molecule has 5 heteroatoms. The molecule has 84 valence electrons. The van der Waals surface area contributed by atoms with Crippen LogP contribution in [0.1, 0.15) is 0 Å². The molecule has 14 heavy (non-hydrogen) atoms. The van der Waals surface area contributed by atoms with Gasteiger partial charge in [-0.05, 0) is 39.3 Å². The van der Waals surface area contributed by atoms with Crippen LogP contribution in [0.2, 0.25) is 39.3 Å². The molecule has 0 saturated heterocycles. The summed E-state index contributed by atoms with van der Waals surface area (Å²) in [7, 11) is -3.38. The molecule has 0 aliphatic carbocycles. The largest absolute Gasteiger partial charge is 0.397 e. The van der Waals surface area contributed by atoms with E-state index < -0.39 is 26.2 Å². The minimum absolute atomic E-state index is 0.0610. The van der Waals surface area contributed by atoms with Crippen molar-refractivity contribution in [2.24, 2.45) is 0 Å². The number of rotatable bonds is 6. The van der Waals surface area contributed by atoms with Gasteiger partial charge in [0.25, 0.3) is 0 Å². The first kappa shape index (κ1) is 14.3. The van der Waals surface area contributed by atoms with E-state index in [0.29, 0.717) is 0 Å². The van der Waals surface area contributed by atoms with E-state index in [-0.39, 0.29) is 5.91 Å². The smallest absolute Gasteiger partial charge is 0.186 e. The third kappa shape index (κ3) is 8.89. The van der Waals surface area contributed by atoms with Crippen LogP contribution in [0.3, 0.4) is 0 Å². The summed E-state index contributed by atoms with van der Waals surface area (Å²) in [6.45, 7) is 17.0. The second-order valence-electron chi connectivity index (χ2n) is 5.41. The van der Waals surface area contributed by atoms with Crippen LogP contribution in [0.5, 0.6) is 0 Å². The molecule has 0 aliphatic heterocycles. The number of hydrogen-bond acceptors (Lipinski definition) is 2. The van der Waals surface area contributed by atoms with Crippen molar-refractivity contribution in [3.05, 3.63) is 12.3 Å². The maximum atomic E-state index is 6.00. The summed E-state index contributed by atoms with van der Waals surface area (Å²) < 4.78 is 12.0. The molecule has 0 N–H and O–H groups in total. The average molecular weight is 249 g/mol. The third-order valence-electron chi connectivity index (χ3n) is 1.33. The lowest BCUT2D eigenvalue weighted by Gasteiger charge is -2.30. The van der Waals surface area contributed by atoms with Crippen LogP contribution in [-0.2, 0) is 8.85 Å². The van der Waals surface area contributed by atoms with Gasteiger partial charge in [0, 0.05) is 0 Å².